The van der Waals surface area contributed by atoms with Gasteiger partial charge in [0.1, 0.15) is 5.60 Å². The Kier molecular flexibility index (Phi) is 4.03. The zero-order chi connectivity index (χ0) is 16.8. The Morgan fingerprint density at radius 2 is 1.91 bits per heavy atom. The van der Waals surface area contributed by atoms with E-state index in [1.54, 1.807) is 4.90 Å². The van der Waals surface area contributed by atoms with Crippen molar-refractivity contribution in [1.29, 1.82) is 0 Å². The molecule has 1 fully saturated rings. The quantitative estimate of drug-likeness (QED) is 0.674. The molecule has 0 bridgehead atoms. The molecule has 0 unspecified atom stereocenters. The van der Waals surface area contributed by atoms with Gasteiger partial charge in [-0.1, -0.05) is 28.1 Å². The zero-order valence-electron chi connectivity index (χ0n) is 13.8. The second kappa shape index (κ2) is 5.62. The Bertz CT molecular complexity index is 655. The van der Waals surface area contributed by atoms with Crippen LogP contribution in [0.5, 0.6) is 0 Å². The molecule has 0 radical (unpaired) electrons. The molecule has 1 spiro atoms. The molecule has 1 aromatic rings. The van der Waals surface area contributed by atoms with E-state index in [0.29, 0.717) is 19.5 Å². The second-order valence-corrected chi connectivity index (χ2v) is 8.36. The molecule has 1 saturated heterocycles. The highest BCUT2D eigenvalue weighted by molar-refractivity contribution is 9.10. The summed E-state index contributed by atoms with van der Waals surface area (Å²) in [6.07, 6.45) is 1.90. The number of carbonyl (C=O) groups is 2. The third kappa shape index (κ3) is 3.03. The second-order valence-electron chi connectivity index (χ2n) is 7.51. The standard InChI is InChI=1S/C18H22BrNO3/c1-17(2,3)23-16(22)20-9-7-18(8-10-20)11-14(21)15-12(18)5-4-6-13(15)19/h4-6H,7-11H2,1-3H3. The van der Waals surface area contributed by atoms with Crippen molar-refractivity contribution in [2.45, 2.75) is 51.0 Å². The molecule has 1 heterocycles. The molecule has 124 valence electrons. The van der Waals surface area contributed by atoms with Crippen LogP contribution in [0, 0.1) is 0 Å². The van der Waals surface area contributed by atoms with E-state index in [1.165, 1.54) is 0 Å². The Morgan fingerprint density at radius 3 is 2.52 bits per heavy atom. The van der Waals surface area contributed by atoms with Gasteiger partial charge in [-0.25, -0.2) is 4.79 Å². The van der Waals surface area contributed by atoms with Crippen molar-refractivity contribution in [3.63, 3.8) is 0 Å². The number of amides is 1. The van der Waals surface area contributed by atoms with Crippen LogP contribution in [0.4, 0.5) is 4.79 Å². The average molecular weight is 380 g/mol. The number of carbonyl (C=O) groups excluding carboxylic acids is 2. The van der Waals surface area contributed by atoms with Crippen LogP contribution in [-0.4, -0.2) is 35.5 Å². The number of hydrogen-bond donors (Lipinski definition) is 0. The highest BCUT2D eigenvalue weighted by atomic mass is 79.9. The maximum absolute atomic E-state index is 12.4. The summed E-state index contributed by atoms with van der Waals surface area (Å²) in [6.45, 7) is 6.89. The lowest BCUT2D eigenvalue weighted by molar-refractivity contribution is 0.0166. The monoisotopic (exact) mass is 379 g/mol. The number of fused-ring (bicyclic) bond motifs is 2. The molecule has 1 aliphatic carbocycles. The number of likely N-dealkylation sites (tertiary alicyclic amines) is 1. The first-order chi connectivity index (χ1) is 10.7. The van der Waals surface area contributed by atoms with E-state index in [4.69, 9.17) is 4.74 Å². The summed E-state index contributed by atoms with van der Waals surface area (Å²) >= 11 is 3.50. The van der Waals surface area contributed by atoms with Crippen LogP contribution in [-0.2, 0) is 10.2 Å². The fourth-order valence-corrected chi connectivity index (χ4v) is 4.22. The van der Waals surface area contributed by atoms with Gasteiger partial charge in [-0.3, -0.25) is 4.79 Å². The molecular weight excluding hydrogens is 358 g/mol. The average Bonchev–Trinajstić information content (AvgIpc) is 2.72. The van der Waals surface area contributed by atoms with Gasteiger partial charge in [0.15, 0.2) is 5.78 Å². The number of ketones is 1. The van der Waals surface area contributed by atoms with Crippen molar-refractivity contribution in [2.75, 3.05) is 13.1 Å². The summed E-state index contributed by atoms with van der Waals surface area (Å²) in [5.41, 5.74) is 1.38. The molecule has 23 heavy (non-hydrogen) atoms. The molecular formula is C18H22BrNO3. The van der Waals surface area contributed by atoms with E-state index >= 15 is 0 Å². The molecule has 0 N–H and O–H groups in total. The van der Waals surface area contributed by atoms with E-state index < -0.39 is 5.60 Å². The molecule has 0 aromatic heterocycles. The molecule has 1 aromatic carbocycles. The van der Waals surface area contributed by atoms with Crippen LogP contribution in [0.15, 0.2) is 22.7 Å². The third-order valence-electron chi connectivity index (χ3n) is 4.73. The Balaban J connectivity index is 1.77. The van der Waals surface area contributed by atoms with Gasteiger partial charge in [0.2, 0.25) is 0 Å². The van der Waals surface area contributed by atoms with Crippen molar-refractivity contribution in [1.82, 2.24) is 4.90 Å². The fraction of sp³-hybridized carbons (Fsp3) is 0.556. The van der Waals surface area contributed by atoms with Gasteiger partial charge < -0.3 is 9.64 Å². The Hall–Kier alpha value is -1.36. The summed E-state index contributed by atoms with van der Waals surface area (Å²) in [5, 5.41) is 0. The lowest BCUT2D eigenvalue weighted by Crippen LogP contribution is -2.46. The number of benzene rings is 1. The minimum absolute atomic E-state index is 0.116. The van der Waals surface area contributed by atoms with Gasteiger partial charge in [0, 0.05) is 35.0 Å². The van der Waals surface area contributed by atoms with Crippen LogP contribution in [0.1, 0.15) is 56.0 Å². The van der Waals surface area contributed by atoms with Gasteiger partial charge in [-0.05, 0) is 45.2 Å². The maximum atomic E-state index is 12.4. The van der Waals surface area contributed by atoms with Crippen LogP contribution in [0.2, 0.25) is 0 Å². The van der Waals surface area contributed by atoms with E-state index in [0.717, 1.165) is 28.4 Å². The smallest absolute Gasteiger partial charge is 0.410 e. The summed E-state index contributed by atoms with van der Waals surface area (Å²) in [5.74, 6) is 0.207. The number of ether oxygens (including phenoxy) is 1. The summed E-state index contributed by atoms with van der Waals surface area (Å²) < 4.78 is 6.33. The maximum Gasteiger partial charge on any atom is 0.410 e. The summed E-state index contributed by atoms with van der Waals surface area (Å²) in [6, 6.07) is 5.98. The van der Waals surface area contributed by atoms with E-state index in [2.05, 4.69) is 22.0 Å². The number of rotatable bonds is 0. The van der Waals surface area contributed by atoms with Crippen molar-refractivity contribution in [2.24, 2.45) is 0 Å². The number of nitrogens with zero attached hydrogens (tertiary/aromatic N) is 1. The highest BCUT2D eigenvalue weighted by Crippen LogP contribution is 2.48. The molecule has 2 aliphatic rings. The predicted molar refractivity (Wildman–Crippen MR) is 91.8 cm³/mol. The summed E-state index contributed by atoms with van der Waals surface area (Å²) in [4.78, 5) is 26.4. The molecule has 0 atom stereocenters. The molecule has 4 nitrogen and oxygen atoms in total. The normalized spacial score (nSPS) is 19.8. The first-order valence-corrected chi connectivity index (χ1v) is 8.81. The first-order valence-electron chi connectivity index (χ1n) is 8.02. The van der Waals surface area contributed by atoms with E-state index in [-0.39, 0.29) is 17.3 Å². The lowest BCUT2D eigenvalue weighted by Gasteiger charge is -2.40. The van der Waals surface area contributed by atoms with Crippen molar-refractivity contribution >= 4 is 27.8 Å². The molecule has 3 rings (SSSR count). The Morgan fingerprint density at radius 1 is 1.26 bits per heavy atom. The molecule has 1 aliphatic heterocycles. The molecule has 0 saturated carbocycles. The number of halogens is 1. The lowest BCUT2D eigenvalue weighted by atomic mass is 9.74. The zero-order valence-corrected chi connectivity index (χ0v) is 15.4. The minimum Gasteiger partial charge on any atom is -0.444 e. The van der Waals surface area contributed by atoms with E-state index in [9.17, 15) is 9.59 Å². The van der Waals surface area contributed by atoms with Crippen molar-refractivity contribution in [3.05, 3.63) is 33.8 Å². The van der Waals surface area contributed by atoms with Crippen molar-refractivity contribution < 1.29 is 14.3 Å². The highest BCUT2D eigenvalue weighted by Gasteiger charge is 2.46. The first kappa shape index (κ1) is 16.5. The number of Topliss-reactive ketones (excluding diaryl/α,β-unsaturated/α-hetero) is 1. The molecule has 1 amide bonds. The van der Waals surface area contributed by atoms with Gasteiger partial charge >= 0.3 is 6.09 Å². The predicted octanol–water partition coefficient (Wildman–Crippen LogP) is 4.30. The topological polar surface area (TPSA) is 46.6 Å². The molecule has 5 heteroatoms. The minimum atomic E-state index is -0.479. The van der Waals surface area contributed by atoms with E-state index in [1.807, 2.05) is 32.9 Å². The van der Waals surface area contributed by atoms with Crippen LogP contribution in [0.3, 0.4) is 0 Å². The Labute approximate surface area is 145 Å². The number of hydrogen-bond acceptors (Lipinski definition) is 3. The van der Waals surface area contributed by atoms with Gasteiger partial charge in [0.05, 0.1) is 0 Å². The summed E-state index contributed by atoms with van der Waals surface area (Å²) in [7, 11) is 0. The number of piperidine rings is 1. The SMILES string of the molecule is CC(C)(C)OC(=O)N1CCC2(CC1)CC(=O)c1c(Br)cccc12. The third-order valence-corrected chi connectivity index (χ3v) is 5.40. The van der Waals surface area contributed by atoms with Gasteiger partial charge in [0.25, 0.3) is 0 Å². The van der Waals surface area contributed by atoms with Crippen LogP contribution in [0.25, 0.3) is 0 Å². The largest absolute Gasteiger partial charge is 0.444 e. The van der Waals surface area contributed by atoms with Gasteiger partial charge in [-0.15, -0.1) is 0 Å². The van der Waals surface area contributed by atoms with Crippen LogP contribution >= 0.6 is 15.9 Å². The van der Waals surface area contributed by atoms with Gasteiger partial charge in [-0.2, -0.15) is 0 Å². The fourth-order valence-electron chi connectivity index (χ4n) is 3.63. The van der Waals surface area contributed by atoms with Crippen molar-refractivity contribution in [3.8, 4) is 0 Å². The van der Waals surface area contributed by atoms with Crippen LogP contribution < -0.4 is 0 Å².